The van der Waals surface area contributed by atoms with Crippen LogP contribution in [-0.4, -0.2) is 38.2 Å². The number of rotatable bonds is 6. The van der Waals surface area contributed by atoms with Crippen LogP contribution in [0.15, 0.2) is 0 Å². The zero-order chi connectivity index (χ0) is 12.1. The van der Waals surface area contributed by atoms with Crippen LogP contribution in [0.5, 0.6) is 0 Å². The molecule has 0 spiro atoms. The lowest BCUT2D eigenvalue weighted by molar-refractivity contribution is 0.0697. The number of aromatic nitrogens is 1. The van der Waals surface area contributed by atoms with Gasteiger partial charge in [0.2, 0.25) is 0 Å². The number of aromatic carboxylic acids is 1. The van der Waals surface area contributed by atoms with Crippen molar-refractivity contribution >= 4 is 33.3 Å². The molecule has 0 fully saturated rings. The first-order valence-electron chi connectivity index (χ1n) is 4.76. The number of nitrogens with zero attached hydrogens (tertiary/aromatic N) is 1. The second-order valence-corrected chi connectivity index (χ2v) is 5.66. The summed E-state index contributed by atoms with van der Waals surface area (Å²) in [6, 6.07) is 0. The van der Waals surface area contributed by atoms with Crippen molar-refractivity contribution in [2.45, 2.75) is 13.3 Å². The van der Waals surface area contributed by atoms with E-state index in [0.717, 1.165) is 18.0 Å². The zero-order valence-electron chi connectivity index (χ0n) is 9.15. The van der Waals surface area contributed by atoms with Gasteiger partial charge in [-0.3, -0.25) is 4.21 Å². The van der Waals surface area contributed by atoms with Gasteiger partial charge in [-0.15, -0.1) is 0 Å². The number of nitrogens with one attached hydrogen (secondary N) is 1. The van der Waals surface area contributed by atoms with Gasteiger partial charge in [0.15, 0.2) is 0 Å². The summed E-state index contributed by atoms with van der Waals surface area (Å²) >= 11 is 1.15. The predicted octanol–water partition coefficient (Wildman–Crippen LogP) is 1.33. The summed E-state index contributed by atoms with van der Waals surface area (Å²) in [4.78, 5) is 10.9. The molecule has 2 N–H and O–H groups in total. The smallest absolute Gasteiger partial charge is 0.340 e. The normalized spacial score (nSPS) is 12.4. The van der Waals surface area contributed by atoms with Crippen molar-refractivity contribution in [3.8, 4) is 0 Å². The van der Waals surface area contributed by atoms with Crippen molar-refractivity contribution in [2.24, 2.45) is 0 Å². The number of hydrogen-bond donors (Lipinski definition) is 2. The van der Waals surface area contributed by atoms with E-state index in [1.54, 1.807) is 13.2 Å². The molecule has 1 aromatic rings. The van der Waals surface area contributed by atoms with Crippen LogP contribution in [0, 0.1) is 6.92 Å². The summed E-state index contributed by atoms with van der Waals surface area (Å²) in [5, 5.41) is 12.5. The molecule has 90 valence electrons. The van der Waals surface area contributed by atoms with Gasteiger partial charge >= 0.3 is 5.97 Å². The first-order chi connectivity index (χ1) is 7.52. The average Bonchev–Trinajstić information content (AvgIpc) is 2.54. The van der Waals surface area contributed by atoms with Crippen LogP contribution in [0.3, 0.4) is 0 Å². The highest BCUT2D eigenvalue weighted by molar-refractivity contribution is 7.84. The van der Waals surface area contributed by atoms with E-state index in [9.17, 15) is 9.00 Å². The SMILES string of the molecule is Cc1nsc(NCCCS(C)=O)c1C(=O)O. The zero-order valence-corrected chi connectivity index (χ0v) is 10.8. The molecule has 1 rings (SSSR count). The van der Waals surface area contributed by atoms with Crippen molar-refractivity contribution in [3.63, 3.8) is 0 Å². The molecule has 1 atom stereocenters. The van der Waals surface area contributed by atoms with Crippen LogP contribution in [0.1, 0.15) is 22.5 Å². The Morgan fingerprint density at radius 2 is 2.31 bits per heavy atom. The Morgan fingerprint density at radius 3 is 2.88 bits per heavy atom. The Morgan fingerprint density at radius 1 is 1.62 bits per heavy atom. The molecule has 0 aliphatic rings. The van der Waals surface area contributed by atoms with Gasteiger partial charge in [-0.1, -0.05) is 0 Å². The minimum atomic E-state index is -0.965. The molecule has 7 heteroatoms. The summed E-state index contributed by atoms with van der Waals surface area (Å²) in [5.74, 6) is -0.347. The molecule has 5 nitrogen and oxygen atoms in total. The summed E-state index contributed by atoms with van der Waals surface area (Å²) in [6.45, 7) is 2.29. The molecule has 1 heterocycles. The third kappa shape index (κ3) is 3.57. The Labute approximate surface area is 101 Å². The van der Waals surface area contributed by atoms with E-state index in [2.05, 4.69) is 9.69 Å². The maximum Gasteiger partial charge on any atom is 0.340 e. The number of aryl methyl sites for hydroxylation is 1. The molecule has 0 saturated carbocycles. The van der Waals surface area contributed by atoms with Gasteiger partial charge in [-0.25, -0.2) is 4.79 Å². The fourth-order valence-corrected chi connectivity index (χ4v) is 2.58. The first kappa shape index (κ1) is 13.1. The number of carboxylic acids is 1. The number of carboxylic acid groups (broad SMARTS) is 1. The highest BCUT2D eigenvalue weighted by Crippen LogP contribution is 2.24. The van der Waals surface area contributed by atoms with Crippen LogP contribution in [0.2, 0.25) is 0 Å². The van der Waals surface area contributed by atoms with E-state index in [4.69, 9.17) is 5.11 Å². The molecule has 0 saturated heterocycles. The highest BCUT2D eigenvalue weighted by Gasteiger charge is 2.16. The molecular weight excluding hydrogens is 248 g/mol. The molecule has 1 unspecified atom stereocenters. The second kappa shape index (κ2) is 5.95. The maximum atomic E-state index is 10.9. The lowest BCUT2D eigenvalue weighted by Crippen LogP contribution is -2.08. The molecule has 0 radical (unpaired) electrons. The molecular formula is C9H14N2O3S2. The van der Waals surface area contributed by atoms with E-state index < -0.39 is 16.8 Å². The lowest BCUT2D eigenvalue weighted by atomic mass is 10.2. The Hall–Kier alpha value is -0.950. The summed E-state index contributed by atoms with van der Waals surface area (Å²) in [5.41, 5.74) is 0.765. The van der Waals surface area contributed by atoms with Gasteiger partial charge in [-0.2, -0.15) is 4.37 Å². The van der Waals surface area contributed by atoms with Gasteiger partial charge in [0.25, 0.3) is 0 Å². The van der Waals surface area contributed by atoms with Crippen molar-refractivity contribution in [2.75, 3.05) is 23.9 Å². The van der Waals surface area contributed by atoms with E-state index in [1.165, 1.54) is 0 Å². The molecule has 0 bridgehead atoms. The fraction of sp³-hybridized carbons (Fsp3) is 0.556. The van der Waals surface area contributed by atoms with Crippen LogP contribution < -0.4 is 5.32 Å². The molecule has 0 aliphatic heterocycles. The summed E-state index contributed by atoms with van der Waals surface area (Å²) in [7, 11) is -0.801. The second-order valence-electron chi connectivity index (χ2n) is 3.33. The molecule has 16 heavy (non-hydrogen) atoms. The van der Waals surface area contributed by atoms with Crippen molar-refractivity contribution in [1.82, 2.24) is 4.37 Å². The molecule has 1 aromatic heterocycles. The van der Waals surface area contributed by atoms with E-state index in [-0.39, 0.29) is 5.56 Å². The predicted molar refractivity (Wildman–Crippen MR) is 65.9 cm³/mol. The Balaban J connectivity index is 2.54. The highest BCUT2D eigenvalue weighted by atomic mass is 32.2. The third-order valence-electron chi connectivity index (χ3n) is 1.97. The molecule has 0 aromatic carbocycles. The Bertz CT molecular complexity index is 403. The number of anilines is 1. The standard InChI is InChI=1S/C9H14N2O3S2/c1-6-7(9(12)13)8(15-11-6)10-4-3-5-16(2)14/h10H,3-5H2,1-2H3,(H,12,13). The Kier molecular flexibility index (Phi) is 4.88. The third-order valence-corrected chi connectivity index (χ3v) is 3.73. The minimum Gasteiger partial charge on any atom is -0.478 e. The summed E-state index contributed by atoms with van der Waals surface area (Å²) in [6.07, 6.45) is 2.40. The largest absolute Gasteiger partial charge is 0.478 e. The van der Waals surface area contributed by atoms with E-state index in [1.807, 2.05) is 0 Å². The van der Waals surface area contributed by atoms with Crippen LogP contribution in [0.25, 0.3) is 0 Å². The van der Waals surface area contributed by atoms with Gasteiger partial charge in [0, 0.05) is 29.4 Å². The lowest BCUT2D eigenvalue weighted by Gasteiger charge is -2.03. The fourth-order valence-electron chi connectivity index (χ4n) is 1.22. The topological polar surface area (TPSA) is 79.3 Å². The van der Waals surface area contributed by atoms with Crippen LogP contribution in [0.4, 0.5) is 5.00 Å². The van der Waals surface area contributed by atoms with Crippen molar-refractivity contribution < 1.29 is 14.1 Å². The number of carbonyl (C=O) groups is 1. The molecule has 0 aliphatic carbocycles. The van der Waals surface area contributed by atoms with Crippen LogP contribution >= 0.6 is 11.5 Å². The van der Waals surface area contributed by atoms with Crippen molar-refractivity contribution in [3.05, 3.63) is 11.3 Å². The van der Waals surface area contributed by atoms with Gasteiger partial charge in [0.05, 0.1) is 5.69 Å². The van der Waals surface area contributed by atoms with Gasteiger partial charge < -0.3 is 10.4 Å². The van der Waals surface area contributed by atoms with Gasteiger partial charge in [0.1, 0.15) is 10.6 Å². The first-order valence-corrected chi connectivity index (χ1v) is 7.26. The van der Waals surface area contributed by atoms with E-state index in [0.29, 0.717) is 23.0 Å². The molecule has 0 amide bonds. The van der Waals surface area contributed by atoms with Crippen LogP contribution in [-0.2, 0) is 10.8 Å². The number of hydrogen-bond acceptors (Lipinski definition) is 5. The minimum absolute atomic E-state index is 0.239. The van der Waals surface area contributed by atoms with Crippen molar-refractivity contribution in [1.29, 1.82) is 0 Å². The van der Waals surface area contributed by atoms with E-state index >= 15 is 0 Å². The quantitative estimate of drug-likeness (QED) is 0.756. The average molecular weight is 262 g/mol. The maximum absolute atomic E-state index is 10.9. The van der Waals surface area contributed by atoms with Gasteiger partial charge in [-0.05, 0) is 24.9 Å². The summed E-state index contributed by atoms with van der Waals surface area (Å²) < 4.78 is 14.8. The monoisotopic (exact) mass is 262 g/mol.